The molecule has 282 valence electrons. The Labute approximate surface area is 348 Å². The van der Waals surface area contributed by atoms with Gasteiger partial charge in [-0.2, -0.15) is 0 Å². The Balaban J connectivity index is 1.02. The molecule has 12 rings (SSSR count). The van der Waals surface area contributed by atoms with Crippen molar-refractivity contribution in [2.45, 2.75) is 12.8 Å². The average molecular weight is 766 g/mol. The fourth-order valence-corrected chi connectivity index (χ4v) is 9.56. The van der Waals surface area contributed by atoms with Crippen LogP contribution in [0, 0.1) is 0 Å². The molecule has 2 heteroatoms. The zero-order valence-electron chi connectivity index (χ0n) is 33.0. The number of allylic oxidation sites excluding steroid dienone is 1. The van der Waals surface area contributed by atoms with Crippen molar-refractivity contribution in [1.29, 1.82) is 0 Å². The Bertz CT molecular complexity index is 3500. The first-order valence-corrected chi connectivity index (χ1v) is 20.9. The van der Waals surface area contributed by atoms with Gasteiger partial charge < -0.3 is 9.32 Å². The van der Waals surface area contributed by atoms with Crippen molar-refractivity contribution in [1.82, 2.24) is 0 Å². The topological polar surface area (TPSA) is 16.4 Å². The van der Waals surface area contributed by atoms with E-state index in [4.69, 9.17) is 4.42 Å². The Hall–Kier alpha value is -7.68. The first kappa shape index (κ1) is 34.4. The number of hydrogen-bond donors (Lipinski definition) is 0. The smallest absolute Gasteiger partial charge is 0.143 e. The van der Waals surface area contributed by atoms with Crippen LogP contribution < -0.4 is 4.90 Å². The third kappa shape index (κ3) is 5.72. The monoisotopic (exact) mass is 765 g/mol. The van der Waals surface area contributed by atoms with Crippen LogP contribution in [0.25, 0.3) is 93.7 Å². The van der Waals surface area contributed by atoms with Crippen molar-refractivity contribution in [3.05, 3.63) is 217 Å². The van der Waals surface area contributed by atoms with Gasteiger partial charge in [-0.25, -0.2) is 0 Å². The molecule has 11 aromatic rings. The SMILES string of the molecule is C1=Cc2cc(-c3ccc(N(c4cccc(-c5ccc6ccccc6c5)c4)c4ccccc4-c4ccc5oc6c7ccccc7ccc6c5c4)cc3)c3ccccc3c2CC1. The van der Waals surface area contributed by atoms with Crippen molar-refractivity contribution in [3.8, 4) is 33.4 Å². The number of nitrogens with zero attached hydrogens (tertiary/aromatic N) is 1. The zero-order valence-corrected chi connectivity index (χ0v) is 33.0. The van der Waals surface area contributed by atoms with Gasteiger partial charge in [0.1, 0.15) is 11.2 Å². The van der Waals surface area contributed by atoms with Gasteiger partial charge in [0.05, 0.1) is 5.69 Å². The highest BCUT2D eigenvalue weighted by molar-refractivity contribution is 6.16. The van der Waals surface area contributed by atoms with Crippen LogP contribution in [0.3, 0.4) is 0 Å². The molecule has 0 N–H and O–H groups in total. The van der Waals surface area contributed by atoms with E-state index in [2.05, 4.69) is 217 Å². The number of aryl methyl sites for hydroxylation is 1. The van der Waals surface area contributed by atoms with E-state index < -0.39 is 0 Å². The van der Waals surface area contributed by atoms with E-state index in [1.54, 1.807) is 0 Å². The number of hydrogen-bond acceptors (Lipinski definition) is 2. The number of furan rings is 1. The second-order valence-corrected chi connectivity index (χ2v) is 16.0. The lowest BCUT2D eigenvalue weighted by Gasteiger charge is -2.28. The quantitative estimate of drug-likeness (QED) is 0.168. The van der Waals surface area contributed by atoms with E-state index in [-0.39, 0.29) is 0 Å². The van der Waals surface area contributed by atoms with Crippen LogP contribution in [0.2, 0.25) is 0 Å². The van der Waals surface area contributed by atoms with Crippen LogP contribution in [0.5, 0.6) is 0 Å². The molecule has 1 aliphatic rings. The van der Waals surface area contributed by atoms with E-state index in [1.807, 2.05) is 0 Å². The molecule has 10 aromatic carbocycles. The van der Waals surface area contributed by atoms with Crippen molar-refractivity contribution < 1.29 is 4.42 Å². The van der Waals surface area contributed by atoms with Crippen molar-refractivity contribution >= 4 is 77.4 Å². The van der Waals surface area contributed by atoms with Crippen LogP contribution in [-0.2, 0) is 6.42 Å². The maximum absolute atomic E-state index is 6.55. The summed E-state index contributed by atoms with van der Waals surface area (Å²) < 4.78 is 6.55. The molecule has 0 amide bonds. The molecule has 1 heterocycles. The van der Waals surface area contributed by atoms with Crippen molar-refractivity contribution in [3.63, 3.8) is 0 Å². The van der Waals surface area contributed by atoms with Gasteiger partial charge in [-0.1, -0.05) is 152 Å². The summed E-state index contributed by atoms with van der Waals surface area (Å²) in [4.78, 5) is 2.42. The number of para-hydroxylation sites is 1. The molecule has 0 fully saturated rings. The summed E-state index contributed by atoms with van der Waals surface area (Å²) in [6.45, 7) is 0. The van der Waals surface area contributed by atoms with E-state index in [9.17, 15) is 0 Å². The standard InChI is InChI=1S/C58H39NO/c1-2-14-41-34-43(25-24-38(41)12-1)42-16-11-17-47(35-42)59(46-30-26-40(27-31-46)54-36-44-15-4-5-18-48(44)51-21-7-8-22-52(51)54)56-23-10-9-19-49(56)45-29-33-57-55(37-45)53-32-28-39-13-3-6-20-50(39)58(53)60-57/h1-4,6-17,19-37H,5,18H2. The molecular formula is C58H39NO. The molecule has 1 aliphatic carbocycles. The minimum Gasteiger partial charge on any atom is -0.455 e. The maximum atomic E-state index is 6.55. The molecule has 0 radical (unpaired) electrons. The first-order chi connectivity index (χ1) is 29.7. The Morgan fingerprint density at radius 3 is 2.02 bits per heavy atom. The Morgan fingerprint density at radius 2 is 1.12 bits per heavy atom. The van der Waals surface area contributed by atoms with Gasteiger partial charge in [-0.15, -0.1) is 0 Å². The third-order valence-corrected chi connectivity index (χ3v) is 12.5. The lowest BCUT2D eigenvalue weighted by atomic mass is 9.87. The highest BCUT2D eigenvalue weighted by atomic mass is 16.3. The van der Waals surface area contributed by atoms with Gasteiger partial charge in [0.25, 0.3) is 0 Å². The Kier molecular flexibility index (Phi) is 8.02. The van der Waals surface area contributed by atoms with Crippen molar-refractivity contribution in [2.24, 2.45) is 0 Å². The number of fused-ring (bicyclic) bond motifs is 9. The fourth-order valence-electron chi connectivity index (χ4n) is 9.56. The summed E-state index contributed by atoms with van der Waals surface area (Å²) in [7, 11) is 0. The largest absolute Gasteiger partial charge is 0.455 e. The first-order valence-electron chi connectivity index (χ1n) is 20.9. The molecule has 0 aliphatic heterocycles. The summed E-state index contributed by atoms with van der Waals surface area (Å²) in [5.41, 5.74) is 15.0. The summed E-state index contributed by atoms with van der Waals surface area (Å²) in [6.07, 6.45) is 6.78. The molecule has 0 atom stereocenters. The van der Waals surface area contributed by atoms with E-state index >= 15 is 0 Å². The van der Waals surface area contributed by atoms with Crippen molar-refractivity contribution in [2.75, 3.05) is 4.90 Å². The van der Waals surface area contributed by atoms with Crippen LogP contribution in [0.15, 0.2) is 211 Å². The minimum atomic E-state index is 0.892. The molecular weight excluding hydrogens is 727 g/mol. The lowest BCUT2D eigenvalue weighted by Crippen LogP contribution is -2.11. The third-order valence-electron chi connectivity index (χ3n) is 12.5. The molecule has 2 nitrogen and oxygen atoms in total. The van der Waals surface area contributed by atoms with Gasteiger partial charge in [-0.3, -0.25) is 0 Å². The van der Waals surface area contributed by atoms with Crippen LogP contribution in [-0.4, -0.2) is 0 Å². The number of rotatable bonds is 6. The van der Waals surface area contributed by atoms with E-state index in [0.29, 0.717) is 0 Å². The summed E-state index contributed by atoms with van der Waals surface area (Å²) in [5.74, 6) is 0. The maximum Gasteiger partial charge on any atom is 0.143 e. The van der Waals surface area contributed by atoms with E-state index in [0.717, 1.165) is 68.4 Å². The van der Waals surface area contributed by atoms with Crippen LogP contribution in [0.1, 0.15) is 17.5 Å². The second kappa shape index (κ2) is 14.0. The molecule has 1 aromatic heterocycles. The van der Waals surface area contributed by atoms with Crippen LogP contribution in [0.4, 0.5) is 17.1 Å². The normalized spacial score (nSPS) is 12.5. The predicted octanol–water partition coefficient (Wildman–Crippen LogP) is 16.5. The predicted molar refractivity (Wildman–Crippen MR) is 255 cm³/mol. The van der Waals surface area contributed by atoms with Crippen LogP contribution >= 0.6 is 0 Å². The second-order valence-electron chi connectivity index (χ2n) is 16.0. The lowest BCUT2D eigenvalue weighted by molar-refractivity contribution is 0.672. The number of anilines is 3. The highest BCUT2D eigenvalue weighted by Crippen LogP contribution is 2.45. The van der Waals surface area contributed by atoms with E-state index in [1.165, 1.54) is 60.3 Å². The van der Waals surface area contributed by atoms with Gasteiger partial charge in [-0.05, 0) is 139 Å². The van der Waals surface area contributed by atoms with Gasteiger partial charge in [0.15, 0.2) is 0 Å². The highest BCUT2D eigenvalue weighted by Gasteiger charge is 2.20. The Morgan fingerprint density at radius 1 is 0.400 bits per heavy atom. The fraction of sp³-hybridized carbons (Fsp3) is 0.0345. The summed E-state index contributed by atoms with van der Waals surface area (Å²) in [5, 5.41) is 9.69. The van der Waals surface area contributed by atoms with Gasteiger partial charge in [0.2, 0.25) is 0 Å². The van der Waals surface area contributed by atoms with Gasteiger partial charge >= 0.3 is 0 Å². The summed E-state index contributed by atoms with van der Waals surface area (Å²) >= 11 is 0. The molecule has 0 bridgehead atoms. The average Bonchev–Trinajstić information content (AvgIpc) is 3.70. The molecule has 0 saturated heterocycles. The molecule has 0 unspecified atom stereocenters. The summed E-state index contributed by atoms with van der Waals surface area (Å²) in [6, 6.07) is 73.1. The molecule has 0 spiro atoms. The zero-order chi connectivity index (χ0) is 39.6. The molecule has 60 heavy (non-hydrogen) atoms. The number of benzene rings is 10. The minimum absolute atomic E-state index is 0.892. The van der Waals surface area contributed by atoms with Gasteiger partial charge in [0, 0.05) is 33.1 Å². The molecule has 0 saturated carbocycles.